The number of aryl methyl sites for hydroxylation is 1. The van der Waals surface area contributed by atoms with Gasteiger partial charge in [0.15, 0.2) is 0 Å². The van der Waals surface area contributed by atoms with E-state index >= 15 is 0 Å². The maximum atomic E-state index is 13.4. The van der Waals surface area contributed by atoms with Crippen LogP contribution in [0.4, 0.5) is 15.8 Å². The number of anilines is 2. The van der Waals surface area contributed by atoms with Crippen molar-refractivity contribution in [3.8, 4) is 0 Å². The minimum atomic E-state index is -0.521. The Kier molecular flexibility index (Phi) is 4.57. The molecule has 2 aromatic rings. The number of aromatic nitrogens is 2. The Balaban J connectivity index is 1.82. The molecule has 1 aromatic carbocycles. The summed E-state index contributed by atoms with van der Waals surface area (Å²) in [6.45, 7) is 1.69. The predicted octanol–water partition coefficient (Wildman–Crippen LogP) is 2.22. The highest BCUT2D eigenvalue weighted by Gasteiger charge is 2.09. The van der Waals surface area contributed by atoms with Crippen molar-refractivity contribution in [3.05, 3.63) is 29.9 Å². The molecule has 0 aliphatic heterocycles. The van der Waals surface area contributed by atoms with Gasteiger partial charge in [-0.25, -0.2) is 4.39 Å². The summed E-state index contributed by atoms with van der Waals surface area (Å²) in [6, 6.07) is 4.02. The van der Waals surface area contributed by atoms with E-state index in [1.807, 2.05) is 0 Å². The van der Waals surface area contributed by atoms with Gasteiger partial charge in [-0.05, 0) is 18.2 Å². The molecule has 0 saturated heterocycles. The number of nitrogens with zero attached hydrogens (tertiary/aromatic N) is 2. The molecule has 8 heteroatoms. The molecule has 106 valence electrons. The standard InChI is InChI=1S/C12H13FN4O2S/c1-7-16-17-12(19-7)20-5-4-11(18)15-10-6-8(14)2-3-9(10)13/h2-3,6H,4-5,14H2,1H3,(H,15,18). The topological polar surface area (TPSA) is 94.0 Å². The number of hydrogen-bond acceptors (Lipinski definition) is 6. The fraction of sp³-hybridized carbons (Fsp3) is 0.250. The molecule has 0 atom stereocenters. The van der Waals surface area contributed by atoms with Crippen molar-refractivity contribution in [1.29, 1.82) is 0 Å². The Morgan fingerprint density at radius 3 is 3.00 bits per heavy atom. The van der Waals surface area contributed by atoms with Gasteiger partial charge in [-0.2, -0.15) is 0 Å². The summed E-state index contributed by atoms with van der Waals surface area (Å²) in [4.78, 5) is 11.7. The summed E-state index contributed by atoms with van der Waals surface area (Å²) in [5.41, 5.74) is 6.00. The molecule has 1 amide bonds. The van der Waals surface area contributed by atoms with Crippen LogP contribution in [-0.2, 0) is 4.79 Å². The van der Waals surface area contributed by atoms with Crippen molar-refractivity contribution in [1.82, 2.24) is 10.2 Å². The lowest BCUT2D eigenvalue weighted by Crippen LogP contribution is -2.13. The van der Waals surface area contributed by atoms with Crippen molar-refractivity contribution in [2.75, 3.05) is 16.8 Å². The maximum Gasteiger partial charge on any atom is 0.276 e. The summed E-state index contributed by atoms with van der Waals surface area (Å²) in [5.74, 6) is 0.0990. The SMILES string of the molecule is Cc1nnc(SCCC(=O)Nc2cc(N)ccc2F)o1. The van der Waals surface area contributed by atoms with Crippen molar-refractivity contribution in [2.45, 2.75) is 18.6 Å². The first-order valence-corrected chi connectivity index (χ1v) is 6.81. The first kappa shape index (κ1) is 14.3. The average Bonchev–Trinajstić information content (AvgIpc) is 2.80. The number of halogens is 1. The van der Waals surface area contributed by atoms with E-state index in [-0.39, 0.29) is 18.0 Å². The van der Waals surface area contributed by atoms with E-state index in [4.69, 9.17) is 10.2 Å². The van der Waals surface area contributed by atoms with Crippen LogP contribution in [0, 0.1) is 12.7 Å². The number of amides is 1. The third-order valence-corrected chi connectivity index (χ3v) is 3.15. The Bertz CT molecular complexity index is 617. The Morgan fingerprint density at radius 1 is 1.50 bits per heavy atom. The van der Waals surface area contributed by atoms with E-state index in [1.165, 1.54) is 30.0 Å². The van der Waals surface area contributed by atoms with Gasteiger partial charge in [-0.3, -0.25) is 4.79 Å². The Hall–Kier alpha value is -2.09. The average molecular weight is 296 g/mol. The van der Waals surface area contributed by atoms with E-state index in [1.54, 1.807) is 6.92 Å². The first-order chi connectivity index (χ1) is 9.54. The lowest BCUT2D eigenvalue weighted by molar-refractivity contribution is -0.115. The zero-order chi connectivity index (χ0) is 14.5. The quantitative estimate of drug-likeness (QED) is 0.649. The van der Waals surface area contributed by atoms with Crippen molar-refractivity contribution < 1.29 is 13.6 Å². The first-order valence-electron chi connectivity index (χ1n) is 5.82. The minimum Gasteiger partial charge on any atom is -0.416 e. The summed E-state index contributed by atoms with van der Waals surface area (Å²) in [6.07, 6.45) is 0.195. The van der Waals surface area contributed by atoms with E-state index in [0.29, 0.717) is 22.6 Å². The van der Waals surface area contributed by atoms with E-state index < -0.39 is 5.82 Å². The van der Waals surface area contributed by atoms with Gasteiger partial charge in [0.05, 0.1) is 5.69 Å². The van der Waals surface area contributed by atoms with Gasteiger partial charge in [-0.1, -0.05) is 11.8 Å². The molecular formula is C12H13FN4O2S. The molecule has 2 rings (SSSR count). The zero-order valence-corrected chi connectivity index (χ0v) is 11.5. The lowest BCUT2D eigenvalue weighted by Gasteiger charge is -2.06. The highest BCUT2D eigenvalue weighted by Crippen LogP contribution is 2.19. The number of nitrogens with two attached hydrogens (primary N) is 1. The van der Waals surface area contributed by atoms with Crippen molar-refractivity contribution in [2.24, 2.45) is 0 Å². The van der Waals surface area contributed by atoms with Gasteiger partial charge in [0.2, 0.25) is 11.8 Å². The van der Waals surface area contributed by atoms with Crippen LogP contribution in [0.15, 0.2) is 27.8 Å². The van der Waals surface area contributed by atoms with Gasteiger partial charge in [-0.15, -0.1) is 10.2 Å². The molecule has 6 nitrogen and oxygen atoms in total. The van der Waals surface area contributed by atoms with Crippen molar-refractivity contribution in [3.63, 3.8) is 0 Å². The number of hydrogen-bond donors (Lipinski definition) is 2. The molecule has 0 saturated carbocycles. The van der Waals surface area contributed by atoms with Gasteiger partial charge in [0.25, 0.3) is 5.22 Å². The second-order valence-electron chi connectivity index (χ2n) is 3.97. The molecule has 0 bridgehead atoms. The lowest BCUT2D eigenvalue weighted by atomic mass is 10.2. The molecule has 0 radical (unpaired) electrons. The predicted molar refractivity (Wildman–Crippen MR) is 73.8 cm³/mol. The second-order valence-corrected chi connectivity index (χ2v) is 5.02. The fourth-order valence-corrected chi connectivity index (χ4v) is 2.16. The fourth-order valence-electron chi connectivity index (χ4n) is 1.42. The third kappa shape index (κ3) is 3.95. The summed E-state index contributed by atoms with van der Waals surface area (Å²) in [5, 5.41) is 10.3. The number of thioether (sulfide) groups is 1. The van der Waals surface area contributed by atoms with E-state index in [9.17, 15) is 9.18 Å². The van der Waals surface area contributed by atoms with Crippen LogP contribution in [0.5, 0.6) is 0 Å². The molecular weight excluding hydrogens is 283 g/mol. The second kappa shape index (κ2) is 6.38. The van der Waals surface area contributed by atoms with Crippen LogP contribution in [0.1, 0.15) is 12.3 Å². The van der Waals surface area contributed by atoms with Crippen LogP contribution in [0.25, 0.3) is 0 Å². The summed E-state index contributed by atoms with van der Waals surface area (Å²) < 4.78 is 18.6. The highest BCUT2D eigenvalue weighted by atomic mass is 32.2. The maximum absolute atomic E-state index is 13.4. The number of rotatable bonds is 5. The van der Waals surface area contributed by atoms with Crippen LogP contribution in [0.2, 0.25) is 0 Å². The van der Waals surface area contributed by atoms with Crippen molar-refractivity contribution >= 4 is 29.0 Å². The molecule has 1 heterocycles. The molecule has 3 N–H and O–H groups in total. The molecule has 0 aliphatic rings. The molecule has 0 fully saturated rings. The molecule has 20 heavy (non-hydrogen) atoms. The third-order valence-electron chi connectivity index (χ3n) is 2.33. The molecule has 0 aliphatic carbocycles. The Labute approximate surface area is 118 Å². The number of carbonyl (C=O) groups excluding carboxylic acids is 1. The normalized spacial score (nSPS) is 10.5. The van der Waals surface area contributed by atoms with E-state index in [2.05, 4.69) is 15.5 Å². The van der Waals surface area contributed by atoms with Gasteiger partial charge < -0.3 is 15.5 Å². The minimum absolute atomic E-state index is 0.0774. The highest BCUT2D eigenvalue weighted by molar-refractivity contribution is 7.99. The Morgan fingerprint density at radius 2 is 2.30 bits per heavy atom. The number of carbonyl (C=O) groups is 1. The number of benzene rings is 1. The summed E-state index contributed by atoms with van der Waals surface area (Å²) in [7, 11) is 0. The van der Waals surface area contributed by atoms with Gasteiger partial charge in [0, 0.05) is 24.8 Å². The summed E-state index contributed by atoms with van der Waals surface area (Å²) >= 11 is 1.27. The van der Waals surface area contributed by atoms with Crippen LogP contribution in [-0.4, -0.2) is 21.9 Å². The zero-order valence-electron chi connectivity index (χ0n) is 10.7. The largest absolute Gasteiger partial charge is 0.416 e. The van der Waals surface area contributed by atoms with Gasteiger partial charge >= 0.3 is 0 Å². The smallest absolute Gasteiger partial charge is 0.276 e. The number of nitrogens with one attached hydrogen (secondary N) is 1. The molecule has 0 spiro atoms. The molecule has 0 unspecified atom stereocenters. The van der Waals surface area contributed by atoms with Crippen LogP contribution >= 0.6 is 11.8 Å². The van der Waals surface area contributed by atoms with Crippen LogP contribution < -0.4 is 11.1 Å². The molecule has 1 aromatic heterocycles. The van der Waals surface area contributed by atoms with Gasteiger partial charge in [0.1, 0.15) is 5.82 Å². The number of nitrogen functional groups attached to an aromatic ring is 1. The van der Waals surface area contributed by atoms with E-state index in [0.717, 1.165) is 0 Å². The monoisotopic (exact) mass is 296 g/mol. The van der Waals surface area contributed by atoms with Crippen LogP contribution in [0.3, 0.4) is 0 Å².